The molecule has 2 aromatic heterocycles. The first-order valence-corrected chi connectivity index (χ1v) is 19.9. The Morgan fingerprint density at radius 2 is 0.965 bits per heavy atom. The Kier molecular flexibility index (Phi) is 16.4. The van der Waals surface area contributed by atoms with Crippen molar-refractivity contribution in [1.82, 2.24) is 19.9 Å². The van der Waals surface area contributed by atoms with Gasteiger partial charge in [-0.05, 0) is 29.7 Å². The summed E-state index contributed by atoms with van der Waals surface area (Å²) in [4.78, 5) is 27.0. The van der Waals surface area contributed by atoms with Crippen LogP contribution in [0.4, 0.5) is 23.5 Å². The third-order valence-corrected chi connectivity index (χ3v) is 9.78. The molecule has 0 saturated carbocycles. The summed E-state index contributed by atoms with van der Waals surface area (Å²) in [5, 5.41) is 28.1. The van der Waals surface area contributed by atoms with Gasteiger partial charge in [0.1, 0.15) is 28.3 Å². The van der Waals surface area contributed by atoms with Gasteiger partial charge in [0, 0.05) is 77.5 Å². The Morgan fingerprint density at radius 3 is 1.44 bits per heavy atom. The zero-order valence-electron chi connectivity index (χ0n) is 32.3. The molecule has 8 rings (SSSR count). The van der Waals surface area contributed by atoms with Crippen molar-refractivity contribution in [1.29, 1.82) is 0 Å². The number of ether oxygens (including phenoxy) is 5. The molecule has 17 heteroatoms. The van der Waals surface area contributed by atoms with E-state index in [9.17, 15) is 5.11 Å². The lowest BCUT2D eigenvalue weighted by Gasteiger charge is -2.31. The molecular weight excluding hydrogens is 756 g/mol. The van der Waals surface area contributed by atoms with Crippen molar-refractivity contribution in [2.24, 2.45) is 0 Å². The second kappa shape index (κ2) is 22.3. The van der Waals surface area contributed by atoms with E-state index < -0.39 is 0 Å². The number of morpholine rings is 4. The highest BCUT2D eigenvalue weighted by molar-refractivity contribution is 6.29. The van der Waals surface area contributed by atoms with Crippen LogP contribution in [0.5, 0.6) is 17.4 Å². The largest absolute Gasteiger partial charge is 0.508 e. The van der Waals surface area contributed by atoms with Crippen LogP contribution >= 0.6 is 11.6 Å². The van der Waals surface area contributed by atoms with Crippen LogP contribution in [-0.4, -0.2) is 154 Å². The molecule has 4 aliphatic rings. The molecule has 6 heterocycles. The summed E-state index contributed by atoms with van der Waals surface area (Å²) >= 11 is 6.12. The van der Waals surface area contributed by atoms with Crippen LogP contribution in [0.15, 0.2) is 60.7 Å². The molecule has 0 spiro atoms. The molecule has 4 saturated heterocycles. The first-order chi connectivity index (χ1) is 28.0. The molecule has 0 radical (unpaired) electrons. The summed E-state index contributed by atoms with van der Waals surface area (Å²) in [6.45, 7) is 12.6. The molecule has 16 nitrogen and oxygen atoms in total. The molecular formula is C40H53ClN8O8. The normalized spacial score (nSPS) is 17.2. The number of anilines is 4. The molecule has 4 aromatic rings. The highest BCUT2D eigenvalue weighted by Crippen LogP contribution is 2.25. The topological polar surface area (TPSA) is 171 Å². The summed E-state index contributed by atoms with van der Waals surface area (Å²) < 4.78 is 27.5. The maximum atomic E-state index is 9.92. The third kappa shape index (κ3) is 12.9. The van der Waals surface area contributed by atoms with Crippen LogP contribution in [0.2, 0.25) is 5.15 Å². The maximum Gasteiger partial charge on any atom is 0.230 e. The number of halogens is 1. The Morgan fingerprint density at radius 1 is 0.544 bits per heavy atom. The standard InChI is InChI=1S/C20H26N4O4.C12H17ClN4O2.C8H10O2/c25-17-4-2-1-3-16(17)5-10-28-19-15-18(23-6-11-26-12-7-23)21-20(22-19)24-8-13-27-14-9-24;13-10-9-11(16-1-5-18-6-2-16)15-12(14-10)17-3-7-19-8-4-17;9-6-5-7-3-1-2-4-8(7)10/h1-4,15,25H,5-14H2;9H,1-8H2;1-4,9-10H,5-6H2. The fourth-order valence-electron chi connectivity index (χ4n) is 6.42. The second-order valence-electron chi connectivity index (χ2n) is 13.4. The Labute approximate surface area is 338 Å². The lowest BCUT2D eigenvalue weighted by Crippen LogP contribution is -2.39. The molecule has 0 atom stereocenters. The number of aromatic nitrogens is 4. The van der Waals surface area contributed by atoms with Gasteiger partial charge in [0.05, 0.1) is 59.5 Å². The van der Waals surface area contributed by atoms with Gasteiger partial charge in [0.15, 0.2) is 0 Å². The van der Waals surface area contributed by atoms with Gasteiger partial charge in [0.2, 0.25) is 17.8 Å². The molecule has 0 aliphatic carbocycles. The van der Waals surface area contributed by atoms with Gasteiger partial charge in [0.25, 0.3) is 0 Å². The Bertz CT molecular complexity index is 1730. The van der Waals surface area contributed by atoms with E-state index in [1.807, 2.05) is 36.4 Å². The molecule has 0 bridgehead atoms. The minimum atomic E-state index is 0.0809. The van der Waals surface area contributed by atoms with E-state index in [1.54, 1.807) is 24.3 Å². The van der Waals surface area contributed by atoms with Crippen molar-refractivity contribution in [3.8, 4) is 17.4 Å². The number of aromatic hydroxyl groups is 2. The van der Waals surface area contributed by atoms with Gasteiger partial charge in [-0.2, -0.15) is 15.0 Å². The highest BCUT2D eigenvalue weighted by atomic mass is 35.5. The quantitative estimate of drug-likeness (QED) is 0.199. The molecule has 4 aliphatic heterocycles. The predicted octanol–water partition coefficient (Wildman–Crippen LogP) is 3.21. The van der Waals surface area contributed by atoms with Crippen molar-refractivity contribution in [3.05, 3.63) is 76.9 Å². The minimum Gasteiger partial charge on any atom is -0.508 e. The van der Waals surface area contributed by atoms with E-state index in [2.05, 4.69) is 34.6 Å². The van der Waals surface area contributed by atoms with E-state index in [1.165, 1.54) is 0 Å². The second-order valence-corrected chi connectivity index (χ2v) is 13.8. The summed E-state index contributed by atoms with van der Waals surface area (Å²) in [6.07, 6.45) is 1.13. The molecule has 3 N–H and O–H groups in total. The Balaban J connectivity index is 0.000000162. The number of phenols is 2. The Hall–Kier alpha value is -4.71. The number of benzene rings is 2. The molecule has 57 heavy (non-hydrogen) atoms. The van der Waals surface area contributed by atoms with Gasteiger partial charge in [-0.1, -0.05) is 48.0 Å². The number of phenolic OH excluding ortho intramolecular Hbond substituents is 2. The molecule has 0 amide bonds. The monoisotopic (exact) mass is 808 g/mol. The number of nitrogens with zero attached hydrogens (tertiary/aromatic N) is 8. The van der Waals surface area contributed by atoms with Crippen molar-refractivity contribution in [3.63, 3.8) is 0 Å². The molecule has 0 unspecified atom stereocenters. The molecule has 2 aromatic carbocycles. The van der Waals surface area contributed by atoms with E-state index in [4.69, 9.17) is 50.5 Å². The highest BCUT2D eigenvalue weighted by Gasteiger charge is 2.21. The smallest absolute Gasteiger partial charge is 0.230 e. The molecule has 4 fully saturated rings. The lowest BCUT2D eigenvalue weighted by molar-refractivity contribution is 0.121. The van der Waals surface area contributed by atoms with Gasteiger partial charge in [-0.3, -0.25) is 0 Å². The van der Waals surface area contributed by atoms with Crippen LogP contribution in [-0.2, 0) is 31.8 Å². The SMILES string of the molecule is Clc1cc(N2CCOCC2)nc(N2CCOCC2)n1.OCCc1ccccc1O.Oc1ccccc1CCOc1cc(N2CCOCC2)nc(N2CCOCC2)n1. The third-order valence-electron chi connectivity index (χ3n) is 9.59. The number of hydrogen-bond donors (Lipinski definition) is 3. The van der Waals surface area contributed by atoms with Gasteiger partial charge in [-0.25, -0.2) is 4.98 Å². The average molecular weight is 809 g/mol. The first-order valence-electron chi connectivity index (χ1n) is 19.5. The number of aliphatic hydroxyl groups is 1. The van der Waals surface area contributed by atoms with E-state index in [-0.39, 0.29) is 18.1 Å². The van der Waals surface area contributed by atoms with Crippen molar-refractivity contribution >= 4 is 35.1 Å². The zero-order chi connectivity index (χ0) is 39.7. The zero-order valence-corrected chi connectivity index (χ0v) is 33.0. The number of rotatable bonds is 10. The van der Waals surface area contributed by atoms with Gasteiger partial charge >= 0.3 is 0 Å². The van der Waals surface area contributed by atoms with Gasteiger partial charge < -0.3 is 58.6 Å². The average Bonchev–Trinajstić information content (AvgIpc) is 3.27. The summed E-state index contributed by atoms with van der Waals surface area (Å²) in [5.74, 6) is 4.20. The van der Waals surface area contributed by atoms with Crippen LogP contribution in [0, 0.1) is 0 Å². The van der Waals surface area contributed by atoms with Crippen LogP contribution in [0.1, 0.15) is 11.1 Å². The predicted molar refractivity (Wildman–Crippen MR) is 217 cm³/mol. The number of hydrogen-bond acceptors (Lipinski definition) is 16. The van der Waals surface area contributed by atoms with E-state index in [0.29, 0.717) is 82.0 Å². The first kappa shape index (κ1) is 41.9. The molecule has 308 valence electrons. The fraction of sp³-hybridized carbons (Fsp3) is 0.500. The van der Waals surface area contributed by atoms with Crippen molar-refractivity contribution in [2.45, 2.75) is 12.8 Å². The van der Waals surface area contributed by atoms with Crippen molar-refractivity contribution < 1.29 is 39.0 Å². The fourth-order valence-corrected chi connectivity index (χ4v) is 6.59. The van der Waals surface area contributed by atoms with Gasteiger partial charge in [-0.15, -0.1) is 0 Å². The summed E-state index contributed by atoms with van der Waals surface area (Å²) in [7, 11) is 0. The van der Waals surface area contributed by atoms with E-state index in [0.717, 1.165) is 88.3 Å². The van der Waals surface area contributed by atoms with Crippen LogP contribution in [0.25, 0.3) is 0 Å². The van der Waals surface area contributed by atoms with E-state index >= 15 is 0 Å². The summed E-state index contributed by atoms with van der Waals surface area (Å²) in [5.41, 5.74) is 1.66. The minimum absolute atomic E-state index is 0.0809. The summed E-state index contributed by atoms with van der Waals surface area (Å²) in [6, 6.07) is 18.0. The van der Waals surface area contributed by atoms with Crippen LogP contribution < -0.4 is 24.3 Å². The lowest BCUT2D eigenvalue weighted by atomic mass is 10.1. The number of para-hydroxylation sites is 2. The number of aliphatic hydroxyl groups excluding tert-OH is 1. The van der Waals surface area contributed by atoms with Crippen LogP contribution in [0.3, 0.4) is 0 Å². The van der Waals surface area contributed by atoms with Crippen molar-refractivity contribution in [2.75, 3.05) is 138 Å². The maximum absolute atomic E-state index is 9.92.